The third kappa shape index (κ3) is 9.52. The topological polar surface area (TPSA) is 93.4 Å². The molecule has 0 saturated heterocycles. The number of benzene rings is 2. The number of ether oxygens (including phenoxy) is 1. The molecule has 0 spiro atoms. The Morgan fingerprint density at radius 3 is 2.25 bits per heavy atom. The fourth-order valence-electron chi connectivity index (χ4n) is 3.24. The maximum Gasteiger partial charge on any atom is 0.237 e. The van der Waals surface area contributed by atoms with Crippen molar-refractivity contribution in [3.8, 4) is 5.75 Å². The highest BCUT2D eigenvalue weighted by Crippen LogP contribution is 2.16. The maximum atomic E-state index is 12.9. The number of nitrogens with one attached hydrogen (secondary N) is 2. The van der Waals surface area contributed by atoms with Crippen LogP contribution in [0.25, 0.3) is 0 Å². The van der Waals surface area contributed by atoms with Crippen molar-refractivity contribution in [1.82, 2.24) is 10.6 Å². The molecule has 0 aliphatic heterocycles. The maximum absolute atomic E-state index is 12.9. The van der Waals surface area contributed by atoms with Crippen molar-refractivity contribution in [2.24, 2.45) is 11.7 Å². The van der Waals surface area contributed by atoms with Crippen molar-refractivity contribution in [3.05, 3.63) is 65.7 Å². The molecule has 0 heterocycles. The zero-order chi connectivity index (χ0) is 23.6. The molecule has 0 fully saturated rings. The minimum Gasteiger partial charge on any atom is -0.489 e. The predicted octanol–water partition coefficient (Wildman–Crippen LogP) is 3.58. The summed E-state index contributed by atoms with van der Waals surface area (Å²) in [7, 11) is 0. The highest BCUT2D eigenvalue weighted by molar-refractivity contribution is 5.82. The Balaban J connectivity index is 1.94. The zero-order valence-electron chi connectivity index (χ0n) is 19.7. The molecular weight excluding hydrogens is 402 g/mol. The molecule has 2 unspecified atom stereocenters. The Morgan fingerprint density at radius 2 is 1.66 bits per heavy atom. The number of amides is 2. The first kappa shape index (κ1) is 25.4. The highest BCUT2D eigenvalue weighted by Gasteiger charge is 2.23. The van der Waals surface area contributed by atoms with Crippen molar-refractivity contribution < 1.29 is 14.3 Å². The fourth-order valence-corrected chi connectivity index (χ4v) is 3.24. The SMILES string of the molecule is CC(CCCNC(Cc1ccc(OCc2ccccc2)cc1)C(=O)NC(C)(C)C)C(N)=O. The van der Waals surface area contributed by atoms with Crippen LogP contribution in [0.1, 0.15) is 51.7 Å². The Bertz CT molecular complexity index is 845. The zero-order valence-corrected chi connectivity index (χ0v) is 19.7. The van der Waals surface area contributed by atoms with Crippen molar-refractivity contribution in [2.45, 2.75) is 65.1 Å². The highest BCUT2D eigenvalue weighted by atomic mass is 16.5. The Hall–Kier alpha value is -2.86. The number of carbonyl (C=O) groups excluding carboxylic acids is 2. The Morgan fingerprint density at radius 1 is 1.00 bits per heavy atom. The van der Waals surface area contributed by atoms with Crippen LogP contribution < -0.4 is 21.1 Å². The van der Waals surface area contributed by atoms with Gasteiger partial charge in [0.25, 0.3) is 0 Å². The molecule has 6 nitrogen and oxygen atoms in total. The van der Waals surface area contributed by atoms with Gasteiger partial charge in [-0.15, -0.1) is 0 Å². The van der Waals surface area contributed by atoms with Crippen LogP contribution in [0, 0.1) is 5.92 Å². The molecule has 0 aromatic heterocycles. The van der Waals surface area contributed by atoms with Crippen LogP contribution in [0.5, 0.6) is 5.75 Å². The molecule has 2 atom stereocenters. The molecule has 32 heavy (non-hydrogen) atoms. The van der Waals surface area contributed by atoms with Gasteiger partial charge in [0, 0.05) is 11.5 Å². The van der Waals surface area contributed by atoms with E-state index in [0.717, 1.165) is 23.3 Å². The third-order valence-electron chi connectivity index (χ3n) is 5.12. The monoisotopic (exact) mass is 439 g/mol. The quantitative estimate of drug-likeness (QED) is 0.441. The van der Waals surface area contributed by atoms with Gasteiger partial charge in [-0.2, -0.15) is 0 Å². The summed E-state index contributed by atoms with van der Waals surface area (Å²) in [5.74, 6) is 0.301. The minimum absolute atomic E-state index is 0.0372. The number of hydrogen-bond acceptors (Lipinski definition) is 4. The molecule has 174 valence electrons. The van der Waals surface area contributed by atoms with E-state index < -0.39 is 0 Å². The lowest BCUT2D eigenvalue weighted by atomic mass is 10.0. The average Bonchev–Trinajstić information content (AvgIpc) is 2.74. The molecule has 0 saturated carbocycles. The van der Waals surface area contributed by atoms with Gasteiger partial charge < -0.3 is 21.1 Å². The molecule has 2 aromatic carbocycles. The lowest BCUT2D eigenvalue weighted by Gasteiger charge is -2.26. The van der Waals surface area contributed by atoms with Gasteiger partial charge in [0.1, 0.15) is 12.4 Å². The summed E-state index contributed by atoms with van der Waals surface area (Å²) >= 11 is 0. The molecule has 0 radical (unpaired) electrons. The molecule has 0 aliphatic rings. The third-order valence-corrected chi connectivity index (χ3v) is 5.12. The van der Waals surface area contributed by atoms with E-state index in [9.17, 15) is 9.59 Å². The van der Waals surface area contributed by atoms with E-state index in [2.05, 4.69) is 10.6 Å². The van der Waals surface area contributed by atoms with Gasteiger partial charge in [-0.05, 0) is 69.8 Å². The summed E-state index contributed by atoms with van der Waals surface area (Å²) in [5.41, 5.74) is 7.18. The molecule has 0 aliphatic carbocycles. The summed E-state index contributed by atoms with van der Waals surface area (Å²) in [6.45, 7) is 8.88. The van der Waals surface area contributed by atoms with Crippen LogP contribution in [-0.2, 0) is 22.6 Å². The summed E-state index contributed by atoms with van der Waals surface area (Å²) in [6.07, 6.45) is 2.03. The van der Waals surface area contributed by atoms with E-state index in [-0.39, 0.29) is 29.3 Å². The van der Waals surface area contributed by atoms with Gasteiger partial charge in [-0.25, -0.2) is 0 Å². The number of primary amides is 1. The summed E-state index contributed by atoms with van der Waals surface area (Å²) < 4.78 is 5.85. The smallest absolute Gasteiger partial charge is 0.237 e. The minimum atomic E-state index is -0.366. The second kappa shape index (κ2) is 12.2. The van der Waals surface area contributed by atoms with Gasteiger partial charge in [-0.1, -0.05) is 49.4 Å². The first-order valence-corrected chi connectivity index (χ1v) is 11.2. The van der Waals surface area contributed by atoms with E-state index in [1.807, 2.05) is 82.3 Å². The molecule has 2 amide bonds. The van der Waals surface area contributed by atoms with Crippen molar-refractivity contribution in [2.75, 3.05) is 6.54 Å². The van der Waals surface area contributed by atoms with Crippen LogP contribution in [0.3, 0.4) is 0 Å². The lowest BCUT2D eigenvalue weighted by molar-refractivity contribution is -0.125. The summed E-state index contributed by atoms with van der Waals surface area (Å²) in [5, 5.41) is 6.41. The second-order valence-corrected chi connectivity index (χ2v) is 9.31. The van der Waals surface area contributed by atoms with Gasteiger partial charge in [-0.3, -0.25) is 9.59 Å². The van der Waals surface area contributed by atoms with Gasteiger partial charge in [0.15, 0.2) is 0 Å². The van der Waals surface area contributed by atoms with E-state index in [0.29, 0.717) is 26.0 Å². The first-order valence-electron chi connectivity index (χ1n) is 11.2. The Kier molecular flexibility index (Phi) is 9.72. The van der Waals surface area contributed by atoms with Crippen LogP contribution in [0.15, 0.2) is 54.6 Å². The summed E-state index contributed by atoms with van der Waals surface area (Å²) in [4.78, 5) is 24.1. The second-order valence-electron chi connectivity index (χ2n) is 9.31. The molecule has 2 rings (SSSR count). The van der Waals surface area contributed by atoms with E-state index in [4.69, 9.17) is 10.5 Å². The Labute approximate surface area is 191 Å². The van der Waals surface area contributed by atoms with Crippen molar-refractivity contribution >= 4 is 11.8 Å². The number of nitrogens with two attached hydrogens (primary N) is 1. The van der Waals surface area contributed by atoms with Gasteiger partial charge in [0.2, 0.25) is 11.8 Å². The standard InChI is InChI=1S/C26H37N3O3/c1-19(24(27)30)9-8-16-28-23(25(31)29-26(2,3)4)17-20-12-14-22(15-13-20)32-18-21-10-6-5-7-11-21/h5-7,10-15,19,23,28H,8-9,16-18H2,1-4H3,(H2,27,30)(H,29,31). The van der Waals surface area contributed by atoms with Gasteiger partial charge >= 0.3 is 0 Å². The molecule has 6 heteroatoms. The number of carbonyl (C=O) groups is 2. The van der Waals surface area contributed by atoms with Crippen LogP contribution in [-0.4, -0.2) is 29.9 Å². The molecule has 2 aromatic rings. The number of rotatable bonds is 12. The molecule has 4 N–H and O–H groups in total. The van der Waals surface area contributed by atoms with Crippen molar-refractivity contribution in [1.29, 1.82) is 0 Å². The largest absolute Gasteiger partial charge is 0.489 e. The average molecular weight is 440 g/mol. The van der Waals surface area contributed by atoms with Crippen LogP contribution in [0.2, 0.25) is 0 Å². The van der Waals surface area contributed by atoms with E-state index in [1.165, 1.54) is 0 Å². The van der Waals surface area contributed by atoms with Gasteiger partial charge in [0.05, 0.1) is 6.04 Å². The van der Waals surface area contributed by atoms with Crippen LogP contribution >= 0.6 is 0 Å². The van der Waals surface area contributed by atoms with E-state index in [1.54, 1.807) is 0 Å². The first-order chi connectivity index (χ1) is 15.1. The van der Waals surface area contributed by atoms with E-state index >= 15 is 0 Å². The number of hydrogen-bond donors (Lipinski definition) is 3. The molecule has 0 bridgehead atoms. The summed E-state index contributed by atoms with van der Waals surface area (Å²) in [6, 6.07) is 17.5. The molecular formula is C26H37N3O3. The normalized spacial score (nSPS) is 13.2. The fraction of sp³-hybridized carbons (Fsp3) is 0.462. The van der Waals surface area contributed by atoms with Crippen LogP contribution in [0.4, 0.5) is 0 Å². The lowest BCUT2D eigenvalue weighted by Crippen LogP contribution is -2.51. The van der Waals surface area contributed by atoms with Crippen molar-refractivity contribution in [3.63, 3.8) is 0 Å². The predicted molar refractivity (Wildman–Crippen MR) is 128 cm³/mol.